The topological polar surface area (TPSA) is 135 Å². The molecule has 2 fully saturated rings. The quantitative estimate of drug-likeness (QED) is 0.281. The molecule has 41 heavy (non-hydrogen) atoms. The van der Waals surface area contributed by atoms with Crippen LogP contribution in [0.4, 0.5) is 18.9 Å². The molecule has 1 saturated carbocycles. The van der Waals surface area contributed by atoms with Crippen molar-refractivity contribution in [3.8, 4) is 11.4 Å². The number of aromatic nitrogens is 3. The Morgan fingerprint density at radius 1 is 1.29 bits per heavy atom. The summed E-state index contributed by atoms with van der Waals surface area (Å²) in [6.45, 7) is 3.87. The van der Waals surface area contributed by atoms with Crippen LogP contribution in [-0.2, 0) is 25.6 Å². The minimum Gasteiger partial charge on any atom is -0.447 e. The Bertz CT molecular complexity index is 1540. The second-order valence-electron chi connectivity index (χ2n) is 10.5. The highest BCUT2D eigenvalue weighted by atomic mass is 35.5. The summed E-state index contributed by atoms with van der Waals surface area (Å²) in [6.07, 6.45) is -0.924. The maximum absolute atomic E-state index is 13.0. The van der Waals surface area contributed by atoms with Gasteiger partial charge in [-0.15, -0.1) is 0 Å². The van der Waals surface area contributed by atoms with E-state index in [9.17, 15) is 22.8 Å². The van der Waals surface area contributed by atoms with Crippen molar-refractivity contribution in [3.63, 3.8) is 0 Å². The molecule has 2 aromatic heterocycles. The van der Waals surface area contributed by atoms with Gasteiger partial charge < -0.3 is 25.5 Å². The van der Waals surface area contributed by atoms with Crippen molar-refractivity contribution in [2.75, 3.05) is 31.6 Å². The molecule has 1 amide bonds. The zero-order chi connectivity index (χ0) is 28.9. The molecule has 1 saturated heterocycles. The number of aromatic amines is 1. The molecule has 1 aliphatic heterocycles. The highest BCUT2D eigenvalue weighted by Crippen LogP contribution is 2.51. The van der Waals surface area contributed by atoms with Crippen LogP contribution in [0.3, 0.4) is 0 Å². The number of benzene rings is 1. The van der Waals surface area contributed by atoms with Crippen molar-refractivity contribution in [3.05, 3.63) is 53.2 Å². The Kier molecular flexibility index (Phi) is 6.91. The number of ether oxygens (including phenoxy) is 2. The van der Waals surface area contributed by atoms with Crippen molar-refractivity contribution in [1.29, 1.82) is 0 Å². The Balaban J connectivity index is 1.30. The summed E-state index contributed by atoms with van der Waals surface area (Å²) in [7, 11) is 0. The SMILES string of the molecule is NC(=O)[C@@H]1[C@H](Nc2c(Cl)cnc3nc(-c4cccc(CN5CCOCC5)c4)[nH]c23)[C@H]2C=C[C@@]1(OC(=O)C(F)(F)F)C2. The molecule has 4 atom stereocenters. The molecule has 0 spiro atoms. The highest BCUT2D eigenvalue weighted by Gasteiger charge is 2.62. The average Bonchev–Trinajstić information content (AvgIpc) is 3.62. The number of anilines is 1. The number of nitrogens with one attached hydrogen (secondary N) is 2. The van der Waals surface area contributed by atoms with E-state index in [1.165, 1.54) is 12.3 Å². The van der Waals surface area contributed by atoms with E-state index in [1.54, 1.807) is 6.08 Å². The number of halogens is 4. The molecule has 3 aromatic rings. The highest BCUT2D eigenvalue weighted by molar-refractivity contribution is 6.34. The second-order valence-corrected chi connectivity index (χ2v) is 10.9. The summed E-state index contributed by atoms with van der Waals surface area (Å²) in [5.41, 5.74) is 6.91. The van der Waals surface area contributed by atoms with Gasteiger partial charge >= 0.3 is 12.1 Å². The Morgan fingerprint density at radius 2 is 2.07 bits per heavy atom. The first-order chi connectivity index (χ1) is 19.5. The van der Waals surface area contributed by atoms with Crippen LogP contribution in [0.5, 0.6) is 0 Å². The Hall–Kier alpha value is -3.68. The lowest BCUT2D eigenvalue weighted by atomic mass is 9.84. The summed E-state index contributed by atoms with van der Waals surface area (Å²) in [4.78, 5) is 38.8. The number of primary amides is 1. The summed E-state index contributed by atoms with van der Waals surface area (Å²) >= 11 is 6.52. The second kappa shape index (κ2) is 10.3. The van der Waals surface area contributed by atoms with Gasteiger partial charge in [0.05, 0.1) is 30.1 Å². The fraction of sp³-hybridized carbons (Fsp3) is 0.407. The Morgan fingerprint density at radius 3 is 2.80 bits per heavy atom. The number of alkyl halides is 3. The number of morpholine rings is 1. The third-order valence-electron chi connectivity index (χ3n) is 7.84. The number of nitrogens with zero attached hydrogens (tertiary/aromatic N) is 3. The van der Waals surface area contributed by atoms with Crippen molar-refractivity contribution in [1.82, 2.24) is 19.9 Å². The Labute approximate surface area is 237 Å². The van der Waals surface area contributed by atoms with Gasteiger partial charge in [0, 0.05) is 43.6 Å². The summed E-state index contributed by atoms with van der Waals surface area (Å²) < 4.78 is 49.4. The first-order valence-corrected chi connectivity index (χ1v) is 13.4. The molecular weight excluding hydrogens is 565 g/mol. The first-order valence-electron chi connectivity index (χ1n) is 13.0. The van der Waals surface area contributed by atoms with Crippen LogP contribution in [0.25, 0.3) is 22.6 Å². The molecule has 10 nitrogen and oxygen atoms in total. The lowest BCUT2D eigenvalue weighted by Crippen LogP contribution is -2.51. The van der Waals surface area contributed by atoms with Crippen LogP contribution in [0.15, 0.2) is 42.6 Å². The van der Waals surface area contributed by atoms with Gasteiger partial charge in [0.1, 0.15) is 22.9 Å². The third kappa shape index (κ3) is 5.13. The monoisotopic (exact) mass is 590 g/mol. The molecule has 6 rings (SSSR count). The predicted molar refractivity (Wildman–Crippen MR) is 143 cm³/mol. The molecule has 216 valence electrons. The molecule has 2 aliphatic carbocycles. The minimum atomic E-state index is -5.22. The van der Waals surface area contributed by atoms with E-state index < -0.39 is 41.5 Å². The van der Waals surface area contributed by atoms with Crippen LogP contribution in [0, 0.1) is 11.8 Å². The normalized spacial score (nSPS) is 26.0. The fourth-order valence-corrected chi connectivity index (χ4v) is 6.21. The number of rotatable bonds is 7. The molecule has 3 heterocycles. The largest absolute Gasteiger partial charge is 0.490 e. The summed E-state index contributed by atoms with van der Waals surface area (Å²) in [5.74, 6) is -4.48. The number of nitrogens with two attached hydrogens (primary N) is 1. The van der Waals surface area contributed by atoms with Gasteiger partial charge in [-0.3, -0.25) is 9.69 Å². The van der Waals surface area contributed by atoms with Crippen LogP contribution in [-0.4, -0.2) is 75.9 Å². The number of H-pyrrole nitrogens is 1. The van der Waals surface area contributed by atoms with E-state index in [1.807, 2.05) is 24.3 Å². The zero-order valence-corrected chi connectivity index (χ0v) is 22.3. The fourth-order valence-electron chi connectivity index (χ4n) is 6.01. The first kappa shape index (κ1) is 27.5. The maximum atomic E-state index is 13.0. The van der Waals surface area contributed by atoms with Gasteiger partial charge in [-0.1, -0.05) is 35.9 Å². The van der Waals surface area contributed by atoms with Gasteiger partial charge in [-0.25, -0.2) is 14.8 Å². The molecule has 0 unspecified atom stereocenters. The molecule has 14 heteroatoms. The molecule has 0 radical (unpaired) electrons. The molecular formula is C27H26ClF3N6O4. The number of fused-ring (bicyclic) bond motifs is 3. The van der Waals surface area contributed by atoms with Gasteiger partial charge in [0.25, 0.3) is 0 Å². The lowest BCUT2D eigenvalue weighted by Gasteiger charge is -2.34. The number of pyridine rings is 1. The number of esters is 1. The predicted octanol–water partition coefficient (Wildman–Crippen LogP) is 3.43. The van der Waals surface area contributed by atoms with E-state index in [2.05, 4.69) is 25.2 Å². The standard InChI is InChI=1S/C27H26ClF3N6O4/c28-17-12-33-24-21(35-23(36-24)15-3-1-2-14(10-15)13-37-6-8-40-9-7-37)20(17)34-19-16-4-5-26(11-16,18(19)22(32)38)41-25(39)27(29,30)31/h1-5,10,12,16,18-19H,6-9,11,13H2,(H2,32,38)(H2,33,34,35,36)/t16-,18-,19+,26+/m0/s1. The van der Waals surface area contributed by atoms with Crippen molar-refractivity contribution in [2.24, 2.45) is 17.6 Å². The van der Waals surface area contributed by atoms with Crippen molar-refractivity contribution < 1.29 is 32.2 Å². The van der Waals surface area contributed by atoms with E-state index in [0.717, 1.165) is 30.8 Å². The van der Waals surface area contributed by atoms with Crippen LogP contribution >= 0.6 is 11.6 Å². The van der Waals surface area contributed by atoms with E-state index >= 15 is 0 Å². The van der Waals surface area contributed by atoms with Gasteiger partial charge in [-0.2, -0.15) is 13.2 Å². The zero-order valence-electron chi connectivity index (χ0n) is 21.6. The van der Waals surface area contributed by atoms with E-state index in [4.69, 9.17) is 26.8 Å². The van der Waals surface area contributed by atoms with Gasteiger partial charge in [-0.05, 0) is 17.7 Å². The number of hydrogen-bond acceptors (Lipinski definition) is 8. The molecule has 4 N–H and O–H groups in total. The van der Waals surface area contributed by atoms with Crippen LogP contribution in [0.2, 0.25) is 5.02 Å². The van der Waals surface area contributed by atoms with Crippen LogP contribution in [0.1, 0.15) is 12.0 Å². The smallest absolute Gasteiger partial charge is 0.447 e. The van der Waals surface area contributed by atoms with Crippen molar-refractivity contribution >= 4 is 40.3 Å². The number of imidazole rings is 1. The van der Waals surface area contributed by atoms with E-state index in [-0.39, 0.29) is 11.4 Å². The average molecular weight is 591 g/mol. The number of amides is 1. The molecule has 2 bridgehead atoms. The summed E-state index contributed by atoms with van der Waals surface area (Å²) in [6, 6.07) is 7.13. The lowest BCUT2D eigenvalue weighted by molar-refractivity contribution is -0.212. The number of carbonyl (C=O) groups excluding carboxylic acids is 2. The minimum absolute atomic E-state index is 0.0316. The number of carbonyl (C=O) groups is 2. The van der Waals surface area contributed by atoms with Crippen LogP contribution < -0.4 is 11.1 Å². The van der Waals surface area contributed by atoms with E-state index in [0.29, 0.717) is 35.9 Å². The van der Waals surface area contributed by atoms with Gasteiger partial charge in [0.2, 0.25) is 5.91 Å². The third-order valence-corrected chi connectivity index (χ3v) is 8.13. The molecule has 3 aliphatic rings. The van der Waals surface area contributed by atoms with Gasteiger partial charge in [0.15, 0.2) is 5.65 Å². The molecule has 1 aromatic carbocycles. The summed E-state index contributed by atoms with van der Waals surface area (Å²) in [5, 5.41) is 3.39. The maximum Gasteiger partial charge on any atom is 0.490 e. The van der Waals surface area contributed by atoms with Crippen molar-refractivity contribution in [2.45, 2.75) is 30.8 Å². The number of hydrogen-bond donors (Lipinski definition) is 3.